The molecule has 3 rings (SSSR count). The molecule has 0 aromatic heterocycles. The number of benzene rings is 3. The molecule has 5 heteroatoms. The van der Waals surface area contributed by atoms with Crippen LogP contribution in [0.3, 0.4) is 0 Å². The minimum absolute atomic E-state index is 0.118. The Morgan fingerprint density at radius 2 is 1.53 bits per heavy atom. The number of aliphatic carboxylic acids is 1. The summed E-state index contributed by atoms with van der Waals surface area (Å²) in [6, 6.07) is 23.8. The van der Waals surface area contributed by atoms with Crippen molar-refractivity contribution in [1.82, 2.24) is 0 Å². The molecule has 5 nitrogen and oxygen atoms in total. The van der Waals surface area contributed by atoms with E-state index in [9.17, 15) is 15.0 Å². The van der Waals surface area contributed by atoms with Gasteiger partial charge in [0.05, 0.1) is 0 Å². The lowest BCUT2D eigenvalue weighted by Crippen LogP contribution is -2.47. The molecular weight excluding hydrogens is 404 g/mol. The lowest BCUT2D eigenvalue weighted by Gasteiger charge is -2.32. The summed E-state index contributed by atoms with van der Waals surface area (Å²) in [5, 5.41) is 20.9. The van der Waals surface area contributed by atoms with Gasteiger partial charge in [0.25, 0.3) is 0 Å². The van der Waals surface area contributed by atoms with E-state index in [0.29, 0.717) is 23.7 Å². The minimum atomic E-state index is -1.87. The third-order valence-electron chi connectivity index (χ3n) is 5.42. The van der Waals surface area contributed by atoms with Crippen LogP contribution in [-0.4, -0.2) is 21.8 Å². The van der Waals surface area contributed by atoms with E-state index in [1.54, 1.807) is 30.3 Å². The highest BCUT2D eigenvalue weighted by Gasteiger charge is 2.44. The van der Waals surface area contributed by atoms with Gasteiger partial charge in [-0.2, -0.15) is 0 Å². The SMILES string of the molecule is CC(C)(C)c1cccc(OC(C)(C(=O)O)C(O)c2ccc(OCc3ccccc3)cc2)c1. The fraction of sp³-hybridized carbons (Fsp3) is 0.296. The fourth-order valence-corrected chi connectivity index (χ4v) is 3.29. The average Bonchev–Trinajstić information content (AvgIpc) is 2.77. The van der Waals surface area contributed by atoms with Crippen LogP contribution in [-0.2, 0) is 16.8 Å². The summed E-state index contributed by atoms with van der Waals surface area (Å²) in [6.07, 6.45) is -1.39. The van der Waals surface area contributed by atoms with E-state index in [2.05, 4.69) is 20.8 Å². The fourth-order valence-electron chi connectivity index (χ4n) is 3.29. The van der Waals surface area contributed by atoms with Crippen molar-refractivity contribution in [2.45, 2.75) is 51.4 Å². The second-order valence-electron chi connectivity index (χ2n) is 9.04. The van der Waals surface area contributed by atoms with Crippen molar-refractivity contribution in [1.29, 1.82) is 0 Å². The summed E-state index contributed by atoms with van der Waals surface area (Å²) in [5.74, 6) is -0.236. The lowest BCUT2D eigenvalue weighted by atomic mass is 9.87. The van der Waals surface area contributed by atoms with Crippen molar-refractivity contribution in [3.63, 3.8) is 0 Å². The zero-order valence-electron chi connectivity index (χ0n) is 18.9. The quantitative estimate of drug-likeness (QED) is 0.488. The summed E-state index contributed by atoms with van der Waals surface area (Å²) < 4.78 is 11.6. The monoisotopic (exact) mass is 434 g/mol. The van der Waals surface area contributed by atoms with Gasteiger partial charge in [-0.1, -0.05) is 75.4 Å². The van der Waals surface area contributed by atoms with Gasteiger partial charge in [0, 0.05) is 0 Å². The van der Waals surface area contributed by atoms with Crippen LogP contribution in [0.2, 0.25) is 0 Å². The van der Waals surface area contributed by atoms with Crippen molar-refractivity contribution >= 4 is 5.97 Å². The molecule has 2 unspecified atom stereocenters. The molecule has 0 fully saturated rings. The van der Waals surface area contributed by atoms with Crippen LogP contribution in [0.5, 0.6) is 11.5 Å². The molecule has 0 bridgehead atoms. The third kappa shape index (κ3) is 5.48. The van der Waals surface area contributed by atoms with Gasteiger partial charge in [-0.3, -0.25) is 0 Å². The standard InChI is InChI=1S/C27H30O5/c1-26(2,3)21-11-8-12-23(17-21)32-27(4,25(29)30)24(28)20-13-15-22(16-14-20)31-18-19-9-6-5-7-10-19/h5-17,24,28H,18H2,1-4H3,(H,29,30). The zero-order valence-corrected chi connectivity index (χ0v) is 18.9. The second-order valence-corrected chi connectivity index (χ2v) is 9.04. The van der Waals surface area contributed by atoms with Crippen LogP contribution in [0.1, 0.15) is 50.5 Å². The number of carboxylic acid groups (broad SMARTS) is 1. The molecule has 3 aromatic rings. The lowest BCUT2D eigenvalue weighted by molar-refractivity contribution is -0.164. The molecule has 0 heterocycles. The van der Waals surface area contributed by atoms with Crippen LogP contribution in [0.25, 0.3) is 0 Å². The van der Waals surface area contributed by atoms with Gasteiger partial charge in [-0.25, -0.2) is 4.79 Å². The van der Waals surface area contributed by atoms with Gasteiger partial charge >= 0.3 is 5.97 Å². The van der Waals surface area contributed by atoms with Gasteiger partial charge in [-0.15, -0.1) is 0 Å². The van der Waals surface area contributed by atoms with E-state index in [1.807, 2.05) is 48.5 Å². The van der Waals surface area contributed by atoms with Crippen molar-refractivity contribution < 1.29 is 24.5 Å². The summed E-state index contributed by atoms with van der Waals surface area (Å²) in [6.45, 7) is 8.00. The Balaban J connectivity index is 1.76. The molecule has 3 aromatic carbocycles. The molecule has 0 radical (unpaired) electrons. The van der Waals surface area contributed by atoms with E-state index in [1.165, 1.54) is 6.92 Å². The van der Waals surface area contributed by atoms with Crippen LogP contribution in [0, 0.1) is 0 Å². The highest BCUT2D eigenvalue weighted by molar-refractivity contribution is 5.78. The molecule has 0 saturated carbocycles. The molecule has 0 aliphatic carbocycles. The van der Waals surface area contributed by atoms with Gasteiger partial charge in [0.2, 0.25) is 5.60 Å². The Morgan fingerprint density at radius 3 is 2.12 bits per heavy atom. The molecule has 0 saturated heterocycles. The number of carbonyl (C=O) groups is 1. The second kappa shape index (κ2) is 9.45. The number of rotatable bonds is 8. The Bertz CT molecular complexity index is 1040. The van der Waals surface area contributed by atoms with Gasteiger partial charge in [0.15, 0.2) is 0 Å². The highest BCUT2D eigenvalue weighted by Crippen LogP contribution is 2.34. The predicted molar refractivity (Wildman–Crippen MR) is 124 cm³/mol. The van der Waals surface area contributed by atoms with Crippen molar-refractivity contribution in [2.75, 3.05) is 0 Å². The molecule has 32 heavy (non-hydrogen) atoms. The number of hydrogen-bond acceptors (Lipinski definition) is 4. The van der Waals surface area contributed by atoms with Crippen LogP contribution >= 0.6 is 0 Å². The van der Waals surface area contributed by atoms with Gasteiger partial charge in [-0.05, 0) is 53.3 Å². The molecule has 0 aliphatic rings. The Morgan fingerprint density at radius 1 is 0.875 bits per heavy atom. The van der Waals surface area contributed by atoms with Crippen LogP contribution in [0.4, 0.5) is 0 Å². The Kier molecular flexibility index (Phi) is 6.90. The highest BCUT2D eigenvalue weighted by atomic mass is 16.5. The molecule has 168 valence electrons. The van der Waals surface area contributed by atoms with Crippen molar-refractivity contribution in [2.24, 2.45) is 0 Å². The summed E-state index contributed by atoms with van der Waals surface area (Å²) in [4.78, 5) is 12.1. The zero-order chi connectivity index (χ0) is 23.4. The number of ether oxygens (including phenoxy) is 2. The minimum Gasteiger partial charge on any atom is -0.489 e. The number of aliphatic hydroxyl groups excluding tert-OH is 1. The smallest absolute Gasteiger partial charge is 0.350 e. The molecule has 0 aliphatic heterocycles. The third-order valence-corrected chi connectivity index (χ3v) is 5.42. The van der Waals surface area contributed by atoms with E-state index < -0.39 is 17.7 Å². The maximum atomic E-state index is 12.1. The molecular formula is C27H30O5. The maximum Gasteiger partial charge on any atom is 0.350 e. The normalized spacial score (nSPS) is 14.3. The average molecular weight is 435 g/mol. The molecule has 0 amide bonds. The molecule has 2 atom stereocenters. The van der Waals surface area contributed by atoms with E-state index in [0.717, 1.165) is 11.1 Å². The molecule has 0 spiro atoms. The first-order chi connectivity index (χ1) is 15.1. The van der Waals surface area contributed by atoms with E-state index in [4.69, 9.17) is 9.47 Å². The maximum absolute atomic E-state index is 12.1. The van der Waals surface area contributed by atoms with Gasteiger partial charge in [0.1, 0.15) is 24.2 Å². The van der Waals surface area contributed by atoms with Crippen LogP contribution < -0.4 is 9.47 Å². The van der Waals surface area contributed by atoms with E-state index >= 15 is 0 Å². The van der Waals surface area contributed by atoms with E-state index in [-0.39, 0.29) is 5.41 Å². The number of carboxylic acids is 1. The molecule has 2 N–H and O–H groups in total. The first-order valence-electron chi connectivity index (χ1n) is 10.6. The first kappa shape index (κ1) is 23.4. The summed E-state index contributed by atoms with van der Waals surface area (Å²) in [7, 11) is 0. The summed E-state index contributed by atoms with van der Waals surface area (Å²) >= 11 is 0. The largest absolute Gasteiger partial charge is 0.489 e. The first-order valence-corrected chi connectivity index (χ1v) is 10.6. The van der Waals surface area contributed by atoms with Gasteiger partial charge < -0.3 is 19.7 Å². The van der Waals surface area contributed by atoms with Crippen molar-refractivity contribution in [3.8, 4) is 11.5 Å². The topological polar surface area (TPSA) is 76.0 Å². The predicted octanol–water partition coefficient (Wildman–Crippen LogP) is 5.52. The number of aliphatic hydroxyl groups is 1. The Hall–Kier alpha value is -3.31. The number of hydrogen-bond donors (Lipinski definition) is 2. The van der Waals surface area contributed by atoms with Crippen LogP contribution in [0.15, 0.2) is 78.9 Å². The van der Waals surface area contributed by atoms with Crippen molar-refractivity contribution in [3.05, 3.63) is 95.6 Å². The summed E-state index contributed by atoms with van der Waals surface area (Å²) in [5.41, 5.74) is 0.489. The Labute approximate surface area is 189 Å².